The van der Waals surface area contributed by atoms with Crippen LogP contribution in [0.5, 0.6) is 11.5 Å². The number of aliphatic hydroxyl groups is 1. The van der Waals surface area contributed by atoms with Crippen molar-refractivity contribution in [2.24, 2.45) is 0 Å². The van der Waals surface area contributed by atoms with Crippen LogP contribution in [0.2, 0.25) is 0 Å². The van der Waals surface area contributed by atoms with E-state index in [-0.39, 0.29) is 28.9 Å². The number of nitrogens with zero attached hydrogens (tertiary/aromatic N) is 3. The molecule has 1 heterocycles. The molecule has 0 unspecified atom stereocenters. The molecule has 1 aromatic heterocycles. The summed E-state index contributed by atoms with van der Waals surface area (Å²) in [5.74, 6) is 1.05. The van der Waals surface area contributed by atoms with Gasteiger partial charge in [0.1, 0.15) is 17.3 Å². The van der Waals surface area contributed by atoms with Gasteiger partial charge in [-0.2, -0.15) is 0 Å². The normalized spacial score (nSPS) is 13.8. The minimum absolute atomic E-state index is 0.0413. The molecule has 0 fully saturated rings. The number of rotatable bonds is 3. The van der Waals surface area contributed by atoms with E-state index in [1.807, 2.05) is 6.08 Å². The molecule has 0 atom stereocenters. The number of para-hydroxylation sites is 2. The van der Waals surface area contributed by atoms with Crippen molar-refractivity contribution in [2.45, 2.75) is 12.8 Å². The van der Waals surface area contributed by atoms with Gasteiger partial charge in [-0.15, -0.1) is 0 Å². The fraction of sp³-hybridized carbons (Fsp3) is 0.0952. The number of benzene rings is 2. The van der Waals surface area contributed by atoms with E-state index in [2.05, 4.69) is 15.0 Å². The lowest BCUT2D eigenvalue weighted by molar-refractivity contribution is 0.430. The first-order chi connectivity index (χ1) is 13.1. The topological polar surface area (TPSA) is 99.4 Å². The molecular formula is C21H17N3O3. The number of phenolic OH excluding ortho intramolecular Hbond substituents is 2. The molecule has 2 aromatic carbocycles. The van der Waals surface area contributed by atoms with Gasteiger partial charge in [0.15, 0.2) is 17.5 Å². The lowest BCUT2D eigenvalue weighted by Gasteiger charge is -2.13. The van der Waals surface area contributed by atoms with Crippen LogP contribution in [0.3, 0.4) is 0 Å². The Morgan fingerprint density at radius 1 is 0.667 bits per heavy atom. The molecule has 0 spiro atoms. The summed E-state index contributed by atoms with van der Waals surface area (Å²) in [7, 11) is 0. The van der Waals surface area contributed by atoms with Crippen molar-refractivity contribution in [3.8, 4) is 34.3 Å². The van der Waals surface area contributed by atoms with Gasteiger partial charge in [0.25, 0.3) is 0 Å². The second-order valence-corrected chi connectivity index (χ2v) is 6.15. The Morgan fingerprint density at radius 3 is 1.70 bits per heavy atom. The number of aromatic nitrogens is 3. The van der Waals surface area contributed by atoms with Gasteiger partial charge in [0.2, 0.25) is 0 Å². The van der Waals surface area contributed by atoms with Crippen molar-refractivity contribution in [2.75, 3.05) is 0 Å². The summed E-state index contributed by atoms with van der Waals surface area (Å²) in [6, 6.07) is 13.5. The molecule has 134 valence electrons. The molecule has 0 amide bonds. The molecule has 4 rings (SSSR count). The van der Waals surface area contributed by atoms with E-state index >= 15 is 0 Å². The third-order valence-electron chi connectivity index (χ3n) is 4.34. The fourth-order valence-electron chi connectivity index (χ4n) is 2.95. The van der Waals surface area contributed by atoms with Gasteiger partial charge in [-0.3, -0.25) is 0 Å². The van der Waals surface area contributed by atoms with Gasteiger partial charge >= 0.3 is 0 Å². The number of allylic oxidation sites excluding steroid dienone is 3. The molecule has 1 aliphatic rings. The number of aliphatic hydroxyl groups excluding tert-OH is 1. The Labute approximate surface area is 155 Å². The predicted molar refractivity (Wildman–Crippen MR) is 102 cm³/mol. The van der Waals surface area contributed by atoms with Crippen molar-refractivity contribution in [1.82, 2.24) is 15.0 Å². The molecule has 0 bridgehead atoms. The molecule has 27 heavy (non-hydrogen) atoms. The number of hydrogen-bond donors (Lipinski definition) is 3. The van der Waals surface area contributed by atoms with Gasteiger partial charge in [0.05, 0.1) is 11.1 Å². The number of aromatic hydroxyl groups is 2. The molecule has 0 aliphatic heterocycles. The molecular weight excluding hydrogens is 342 g/mol. The van der Waals surface area contributed by atoms with Gasteiger partial charge in [-0.1, -0.05) is 30.3 Å². The molecule has 0 radical (unpaired) electrons. The highest BCUT2D eigenvalue weighted by Gasteiger charge is 2.19. The van der Waals surface area contributed by atoms with Gasteiger partial charge in [-0.25, -0.2) is 15.0 Å². The van der Waals surface area contributed by atoms with Crippen LogP contribution in [0.4, 0.5) is 0 Å². The third-order valence-corrected chi connectivity index (χ3v) is 4.34. The van der Waals surface area contributed by atoms with Crippen molar-refractivity contribution < 1.29 is 15.3 Å². The Hall–Kier alpha value is -3.67. The SMILES string of the molecule is OC1=C(c2nc(-c3ccccc3O)nc(-c3ccccc3O)n2)CCC=C1. The van der Waals surface area contributed by atoms with Gasteiger partial charge < -0.3 is 15.3 Å². The Morgan fingerprint density at radius 2 is 1.19 bits per heavy atom. The van der Waals surface area contributed by atoms with Crippen molar-refractivity contribution >= 4 is 5.57 Å². The van der Waals surface area contributed by atoms with E-state index in [0.29, 0.717) is 28.9 Å². The molecule has 3 aromatic rings. The summed E-state index contributed by atoms with van der Waals surface area (Å²) in [5.41, 5.74) is 1.50. The Bertz CT molecular complexity index is 1010. The average molecular weight is 359 g/mol. The van der Waals surface area contributed by atoms with Crippen LogP contribution in [0.25, 0.3) is 28.3 Å². The van der Waals surface area contributed by atoms with Crippen LogP contribution in [-0.2, 0) is 0 Å². The highest BCUT2D eigenvalue weighted by molar-refractivity contribution is 5.73. The highest BCUT2D eigenvalue weighted by Crippen LogP contribution is 2.33. The quantitative estimate of drug-likeness (QED) is 0.647. The van der Waals surface area contributed by atoms with Crippen molar-refractivity contribution in [3.63, 3.8) is 0 Å². The second kappa shape index (κ2) is 6.92. The van der Waals surface area contributed by atoms with Gasteiger partial charge in [0, 0.05) is 5.57 Å². The van der Waals surface area contributed by atoms with Crippen LogP contribution >= 0.6 is 0 Å². The second-order valence-electron chi connectivity index (χ2n) is 6.15. The lowest BCUT2D eigenvalue weighted by atomic mass is 10.0. The van der Waals surface area contributed by atoms with Crippen molar-refractivity contribution in [3.05, 3.63) is 72.3 Å². The zero-order valence-corrected chi connectivity index (χ0v) is 14.4. The summed E-state index contributed by atoms with van der Waals surface area (Å²) in [4.78, 5) is 13.4. The minimum Gasteiger partial charge on any atom is -0.508 e. The number of phenols is 2. The highest BCUT2D eigenvalue weighted by atomic mass is 16.3. The summed E-state index contributed by atoms with van der Waals surface area (Å²) in [6.45, 7) is 0. The smallest absolute Gasteiger partial charge is 0.167 e. The first-order valence-electron chi connectivity index (χ1n) is 8.55. The summed E-state index contributed by atoms with van der Waals surface area (Å²) in [5, 5.41) is 30.7. The van der Waals surface area contributed by atoms with Crippen LogP contribution < -0.4 is 0 Å². The van der Waals surface area contributed by atoms with Crippen LogP contribution in [0.15, 0.2) is 66.4 Å². The summed E-state index contributed by atoms with van der Waals surface area (Å²) >= 11 is 0. The van der Waals surface area contributed by atoms with Crippen molar-refractivity contribution in [1.29, 1.82) is 0 Å². The van der Waals surface area contributed by atoms with E-state index < -0.39 is 0 Å². The first kappa shape index (κ1) is 16.8. The van der Waals surface area contributed by atoms with E-state index in [9.17, 15) is 15.3 Å². The minimum atomic E-state index is 0.0413. The largest absolute Gasteiger partial charge is 0.508 e. The zero-order chi connectivity index (χ0) is 18.8. The average Bonchev–Trinajstić information content (AvgIpc) is 2.69. The van der Waals surface area contributed by atoms with E-state index in [4.69, 9.17) is 0 Å². The van der Waals surface area contributed by atoms with E-state index in [1.165, 1.54) is 0 Å². The number of hydrogen-bond acceptors (Lipinski definition) is 6. The van der Waals surface area contributed by atoms with Gasteiger partial charge in [-0.05, 0) is 43.2 Å². The maximum atomic E-state index is 10.2. The standard InChI is InChI=1S/C21H17N3O3/c25-16-10-4-1-7-13(16)19-22-20(14-8-2-5-11-17(14)26)24-21(23-19)15-9-3-6-12-18(15)27/h1-2,4-8,10-12,25-27H,3,9H2. The molecule has 0 saturated carbocycles. The third kappa shape index (κ3) is 3.25. The maximum Gasteiger partial charge on any atom is 0.167 e. The molecule has 6 nitrogen and oxygen atoms in total. The predicted octanol–water partition coefficient (Wildman–Crippen LogP) is 4.24. The Kier molecular flexibility index (Phi) is 4.30. The Balaban J connectivity index is 1.96. The first-order valence-corrected chi connectivity index (χ1v) is 8.55. The van der Waals surface area contributed by atoms with Crippen LogP contribution in [-0.4, -0.2) is 30.3 Å². The lowest BCUT2D eigenvalue weighted by Crippen LogP contribution is -2.05. The molecule has 1 aliphatic carbocycles. The summed E-state index contributed by atoms with van der Waals surface area (Å²) in [6.07, 6.45) is 4.87. The fourth-order valence-corrected chi connectivity index (χ4v) is 2.95. The van der Waals surface area contributed by atoms with E-state index in [1.54, 1.807) is 54.6 Å². The van der Waals surface area contributed by atoms with Crippen LogP contribution in [0, 0.1) is 0 Å². The maximum absolute atomic E-state index is 10.2. The van der Waals surface area contributed by atoms with Crippen LogP contribution in [0.1, 0.15) is 18.7 Å². The van der Waals surface area contributed by atoms with E-state index in [0.717, 1.165) is 6.42 Å². The molecule has 3 N–H and O–H groups in total. The molecule has 0 saturated heterocycles. The molecule has 6 heteroatoms. The summed E-state index contributed by atoms with van der Waals surface area (Å²) < 4.78 is 0. The monoisotopic (exact) mass is 359 g/mol. The zero-order valence-electron chi connectivity index (χ0n) is 14.4.